The van der Waals surface area contributed by atoms with Crippen molar-refractivity contribution < 1.29 is 17.9 Å². The van der Waals surface area contributed by atoms with Crippen molar-refractivity contribution in [3.63, 3.8) is 0 Å². The minimum Gasteiger partial charge on any atom is -0.484 e. The first-order chi connectivity index (χ1) is 12.3. The third-order valence-electron chi connectivity index (χ3n) is 3.54. The van der Waals surface area contributed by atoms with E-state index in [9.17, 15) is 13.2 Å². The molecule has 0 spiro atoms. The van der Waals surface area contributed by atoms with Gasteiger partial charge in [-0.25, -0.2) is 8.42 Å². The molecule has 0 aliphatic carbocycles. The van der Waals surface area contributed by atoms with Gasteiger partial charge >= 0.3 is 0 Å². The van der Waals surface area contributed by atoms with Crippen molar-refractivity contribution in [2.24, 2.45) is 0 Å². The molecule has 0 fully saturated rings. The zero-order chi connectivity index (χ0) is 19.2. The molecule has 1 amide bonds. The summed E-state index contributed by atoms with van der Waals surface area (Å²) >= 11 is 0. The summed E-state index contributed by atoms with van der Waals surface area (Å²) in [5, 5.41) is 8.71. The predicted octanol–water partition coefficient (Wildman–Crippen LogP) is 2.07. The van der Waals surface area contributed by atoms with Gasteiger partial charge in [-0.05, 0) is 47.9 Å². The lowest BCUT2D eigenvalue weighted by atomic mass is 10.0. The van der Waals surface area contributed by atoms with Crippen LogP contribution in [0.25, 0.3) is 0 Å². The highest BCUT2D eigenvalue weighted by Crippen LogP contribution is 2.17. The number of sulfonamides is 1. The van der Waals surface area contributed by atoms with E-state index in [1.165, 1.54) is 12.1 Å². The highest BCUT2D eigenvalue weighted by Gasteiger charge is 2.15. The van der Waals surface area contributed by atoms with E-state index in [4.69, 9.17) is 10.00 Å². The molecule has 7 nitrogen and oxygen atoms in total. The van der Waals surface area contributed by atoms with Crippen LogP contribution in [0.5, 0.6) is 5.75 Å². The molecule has 0 radical (unpaired) electrons. The molecule has 8 heteroatoms. The predicted molar refractivity (Wildman–Crippen MR) is 95.6 cm³/mol. The van der Waals surface area contributed by atoms with Crippen LogP contribution >= 0.6 is 0 Å². The maximum absolute atomic E-state index is 12.2. The van der Waals surface area contributed by atoms with Crippen LogP contribution in [-0.2, 0) is 14.8 Å². The molecule has 26 heavy (non-hydrogen) atoms. The van der Waals surface area contributed by atoms with E-state index in [-0.39, 0.29) is 11.5 Å². The summed E-state index contributed by atoms with van der Waals surface area (Å²) in [5.74, 6) is 0.0295. The van der Waals surface area contributed by atoms with Gasteiger partial charge in [0, 0.05) is 0 Å². The number of nitriles is 1. The number of amides is 1. The maximum atomic E-state index is 12.2. The molecule has 2 N–H and O–H groups in total. The normalized spacial score (nSPS) is 11.0. The summed E-state index contributed by atoms with van der Waals surface area (Å²) in [6.45, 7) is 3.65. The average molecular weight is 373 g/mol. The number of nitrogens with one attached hydrogen (secondary N) is 2. The summed E-state index contributed by atoms with van der Waals surface area (Å²) in [5.41, 5.74) is 3.59. The van der Waals surface area contributed by atoms with E-state index < -0.39 is 15.9 Å². The minimum atomic E-state index is -3.86. The number of benzene rings is 2. The number of nitrogens with zero attached hydrogens (tertiary/aromatic N) is 1. The number of carbonyl (C=O) groups is 1. The molecule has 0 aliphatic rings. The van der Waals surface area contributed by atoms with E-state index in [1.54, 1.807) is 36.4 Å². The van der Waals surface area contributed by atoms with Crippen molar-refractivity contribution in [2.45, 2.75) is 24.7 Å². The standard InChI is InChI=1S/C18H19N3O4S/c1-13(2)15-5-9-17(10-6-15)26(23,24)21-20-18(22)12-25-16-7-3-14(11-19)4-8-16/h3-10,13,21H,12H2,1-2H3,(H,20,22). The van der Waals surface area contributed by atoms with Gasteiger partial charge in [-0.3, -0.25) is 10.2 Å². The van der Waals surface area contributed by atoms with Gasteiger partial charge in [0.05, 0.1) is 16.5 Å². The molecule has 0 heterocycles. The Bertz CT molecular complexity index is 899. The number of ether oxygens (including phenoxy) is 1. The molecule has 0 aromatic heterocycles. The fourth-order valence-corrected chi connectivity index (χ4v) is 2.89. The van der Waals surface area contributed by atoms with Crippen molar-refractivity contribution in [2.75, 3.05) is 6.61 Å². The monoisotopic (exact) mass is 373 g/mol. The molecule has 0 unspecified atom stereocenters. The Hall–Kier alpha value is -2.89. The van der Waals surface area contributed by atoms with Crippen LogP contribution in [0.4, 0.5) is 0 Å². The number of hydrogen-bond acceptors (Lipinski definition) is 5. The highest BCUT2D eigenvalue weighted by molar-refractivity contribution is 7.89. The second-order valence-corrected chi connectivity index (χ2v) is 7.48. The third kappa shape index (κ3) is 5.31. The van der Waals surface area contributed by atoms with Gasteiger partial charge in [0.15, 0.2) is 6.61 Å². The summed E-state index contributed by atoms with van der Waals surface area (Å²) in [6, 6.07) is 14.6. The first-order valence-electron chi connectivity index (χ1n) is 7.85. The molecular weight excluding hydrogens is 354 g/mol. The molecule has 2 aromatic carbocycles. The van der Waals surface area contributed by atoms with Crippen LogP contribution in [0.3, 0.4) is 0 Å². The molecule has 0 atom stereocenters. The molecule has 0 saturated heterocycles. The Labute approximate surface area is 152 Å². The minimum absolute atomic E-state index is 0.0511. The van der Waals surface area contributed by atoms with E-state index in [0.29, 0.717) is 17.2 Å². The first-order valence-corrected chi connectivity index (χ1v) is 9.33. The van der Waals surface area contributed by atoms with Gasteiger partial charge in [0.25, 0.3) is 15.9 Å². The van der Waals surface area contributed by atoms with Crippen molar-refractivity contribution in [1.29, 1.82) is 5.26 Å². The van der Waals surface area contributed by atoms with Crippen LogP contribution in [0.2, 0.25) is 0 Å². The average Bonchev–Trinajstić information content (AvgIpc) is 2.65. The second-order valence-electron chi connectivity index (χ2n) is 5.80. The van der Waals surface area contributed by atoms with Crippen molar-refractivity contribution in [1.82, 2.24) is 10.3 Å². The fraction of sp³-hybridized carbons (Fsp3) is 0.222. The lowest BCUT2D eigenvalue weighted by Crippen LogP contribution is -2.43. The van der Waals surface area contributed by atoms with Crippen LogP contribution < -0.4 is 15.0 Å². The third-order valence-corrected chi connectivity index (χ3v) is 4.80. The lowest BCUT2D eigenvalue weighted by Gasteiger charge is -2.11. The van der Waals surface area contributed by atoms with Gasteiger partial charge < -0.3 is 4.74 Å². The second kappa shape index (κ2) is 8.47. The van der Waals surface area contributed by atoms with Gasteiger partial charge in [0.1, 0.15) is 5.75 Å². The summed E-state index contributed by atoms with van der Waals surface area (Å²) in [7, 11) is -3.86. The van der Waals surface area contributed by atoms with Crippen molar-refractivity contribution in [3.8, 4) is 11.8 Å². The summed E-state index contributed by atoms with van der Waals surface area (Å²) < 4.78 is 29.6. The largest absolute Gasteiger partial charge is 0.484 e. The van der Waals surface area contributed by atoms with E-state index in [2.05, 4.69) is 5.43 Å². The smallest absolute Gasteiger partial charge is 0.272 e. The molecule has 2 rings (SSSR count). The van der Waals surface area contributed by atoms with Gasteiger partial charge in [-0.2, -0.15) is 5.26 Å². The molecule has 2 aromatic rings. The topological polar surface area (TPSA) is 108 Å². The SMILES string of the molecule is CC(C)c1ccc(S(=O)(=O)NNC(=O)COc2ccc(C#N)cc2)cc1. The fourth-order valence-electron chi connectivity index (χ4n) is 2.03. The molecule has 0 saturated carbocycles. The Kier molecular flexibility index (Phi) is 6.33. The van der Waals surface area contributed by atoms with Gasteiger partial charge in [0.2, 0.25) is 0 Å². The Morgan fingerprint density at radius 1 is 1.12 bits per heavy atom. The number of rotatable bonds is 7. The van der Waals surface area contributed by atoms with E-state index in [1.807, 2.05) is 24.7 Å². The maximum Gasteiger partial charge on any atom is 0.272 e. The van der Waals surface area contributed by atoms with Crippen LogP contribution in [0, 0.1) is 11.3 Å². The molecule has 0 bridgehead atoms. The lowest BCUT2D eigenvalue weighted by molar-refractivity contribution is -0.123. The Morgan fingerprint density at radius 3 is 2.27 bits per heavy atom. The molecule has 0 aliphatic heterocycles. The zero-order valence-corrected chi connectivity index (χ0v) is 15.2. The Balaban J connectivity index is 1.87. The van der Waals surface area contributed by atoms with Gasteiger partial charge in [-0.1, -0.05) is 26.0 Å². The number of carbonyl (C=O) groups excluding carboxylic acids is 1. The Morgan fingerprint density at radius 2 is 1.73 bits per heavy atom. The zero-order valence-electron chi connectivity index (χ0n) is 14.4. The molecule has 136 valence electrons. The van der Waals surface area contributed by atoms with Crippen LogP contribution in [0.1, 0.15) is 30.9 Å². The quantitative estimate of drug-likeness (QED) is 0.722. The highest BCUT2D eigenvalue weighted by atomic mass is 32.2. The molecular formula is C18H19N3O4S. The van der Waals surface area contributed by atoms with Gasteiger partial charge in [-0.15, -0.1) is 4.83 Å². The van der Waals surface area contributed by atoms with Crippen molar-refractivity contribution in [3.05, 3.63) is 59.7 Å². The van der Waals surface area contributed by atoms with E-state index in [0.717, 1.165) is 5.56 Å². The number of hydrogen-bond donors (Lipinski definition) is 2. The van der Waals surface area contributed by atoms with Crippen LogP contribution in [-0.4, -0.2) is 20.9 Å². The van der Waals surface area contributed by atoms with Crippen molar-refractivity contribution >= 4 is 15.9 Å². The summed E-state index contributed by atoms with van der Waals surface area (Å²) in [6.07, 6.45) is 0. The van der Waals surface area contributed by atoms with Crippen LogP contribution in [0.15, 0.2) is 53.4 Å². The summed E-state index contributed by atoms with van der Waals surface area (Å²) in [4.78, 5) is 13.8. The number of hydrazine groups is 1. The van der Waals surface area contributed by atoms with E-state index >= 15 is 0 Å². The first kappa shape index (κ1) is 19.4.